The number of benzene rings is 1. The van der Waals surface area contributed by atoms with Crippen molar-refractivity contribution in [2.45, 2.75) is 19.3 Å². The van der Waals surface area contributed by atoms with E-state index in [1.54, 1.807) is 23.5 Å². The molecule has 1 amide bonds. The van der Waals surface area contributed by atoms with E-state index in [2.05, 4.69) is 10.3 Å². The van der Waals surface area contributed by atoms with Crippen LogP contribution in [0.2, 0.25) is 0 Å². The SMILES string of the molecule is NC(=O)c1cc(Nc2nc3c(s2)CCC3)ccc1N. The molecule has 1 aromatic heterocycles. The van der Waals surface area contributed by atoms with Crippen LogP contribution >= 0.6 is 11.3 Å². The minimum atomic E-state index is -0.525. The van der Waals surface area contributed by atoms with Crippen molar-refractivity contribution >= 4 is 33.8 Å². The summed E-state index contributed by atoms with van der Waals surface area (Å²) in [6, 6.07) is 5.14. The average molecular weight is 274 g/mol. The van der Waals surface area contributed by atoms with Crippen molar-refractivity contribution in [3.63, 3.8) is 0 Å². The van der Waals surface area contributed by atoms with E-state index in [9.17, 15) is 4.79 Å². The van der Waals surface area contributed by atoms with Gasteiger partial charge >= 0.3 is 0 Å². The number of nitrogens with zero attached hydrogens (tertiary/aromatic N) is 1. The predicted octanol–water partition coefficient (Wildman–Crippen LogP) is 2.06. The molecular weight excluding hydrogens is 260 g/mol. The number of amides is 1. The van der Waals surface area contributed by atoms with Gasteiger partial charge in [0.1, 0.15) is 0 Å². The largest absolute Gasteiger partial charge is 0.398 e. The second kappa shape index (κ2) is 4.55. The summed E-state index contributed by atoms with van der Waals surface area (Å²) in [7, 11) is 0. The summed E-state index contributed by atoms with van der Waals surface area (Å²) in [6.45, 7) is 0. The van der Waals surface area contributed by atoms with Gasteiger partial charge < -0.3 is 16.8 Å². The lowest BCUT2D eigenvalue weighted by atomic mass is 10.1. The van der Waals surface area contributed by atoms with Crippen LogP contribution in [-0.2, 0) is 12.8 Å². The summed E-state index contributed by atoms with van der Waals surface area (Å²) < 4.78 is 0. The highest BCUT2D eigenvalue weighted by Gasteiger charge is 2.17. The molecule has 6 heteroatoms. The Morgan fingerprint density at radius 2 is 2.21 bits per heavy atom. The molecule has 1 heterocycles. The van der Waals surface area contributed by atoms with Crippen molar-refractivity contribution < 1.29 is 4.79 Å². The number of hydrogen-bond acceptors (Lipinski definition) is 5. The molecule has 0 atom stereocenters. The van der Waals surface area contributed by atoms with Crippen LogP contribution in [0.25, 0.3) is 0 Å². The van der Waals surface area contributed by atoms with Gasteiger partial charge in [0.25, 0.3) is 5.91 Å². The van der Waals surface area contributed by atoms with E-state index in [0.29, 0.717) is 11.3 Å². The zero-order valence-electron chi connectivity index (χ0n) is 10.3. The van der Waals surface area contributed by atoms with Crippen LogP contribution in [0.1, 0.15) is 27.3 Å². The average Bonchev–Trinajstić information content (AvgIpc) is 2.91. The third-order valence-electron chi connectivity index (χ3n) is 3.17. The standard InChI is InChI=1S/C13H14N4OS/c14-9-5-4-7(6-8(9)12(15)18)16-13-17-10-2-1-3-11(10)19-13/h4-6H,1-3,14H2,(H2,15,18)(H,16,17). The molecule has 0 fully saturated rings. The summed E-state index contributed by atoms with van der Waals surface area (Å²) >= 11 is 1.67. The minimum Gasteiger partial charge on any atom is -0.398 e. The van der Waals surface area contributed by atoms with Gasteiger partial charge in [0, 0.05) is 16.3 Å². The van der Waals surface area contributed by atoms with Gasteiger partial charge in [0.2, 0.25) is 0 Å². The lowest BCUT2D eigenvalue weighted by molar-refractivity contribution is 0.100. The molecule has 0 saturated heterocycles. The Labute approximate surface area is 114 Å². The van der Waals surface area contributed by atoms with Gasteiger partial charge in [-0.3, -0.25) is 4.79 Å². The maximum absolute atomic E-state index is 11.2. The molecular formula is C13H14N4OS. The summed E-state index contributed by atoms with van der Waals surface area (Å²) in [4.78, 5) is 17.1. The Morgan fingerprint density at radius 1 is 1.37 bits per heavy atom. The summed E-state index contributed by atoms with van der Waals surface area (Å²) in [5.74, 6) is -0.525. The number of nitrogens with two attached hydrogens (primary N) is 2. The van der Waals surface area contributed by atoms with E-state index in [1.165, 1.54) is 17.0 Å². The predicted molar refractivity (Wildman–Crippen MR) is 76.8 cm³/mol. The number of aromatic nitrogens is 1. The van der Waals surface area contributed by atoms with Crippen molar-refractivity contribution in [2.75, 3.05) is 11.1 Å². The minimum absolute atomic E-state index is 0.328. The number of primary amides is 1. The number of anilines is 3. The Morgan fingerprint density at radius 3 is 2.95 bits per heavy atom. The second-order valence-electron chi connectivity index (χ2n) is 4.53. The molecule has 0 bridgehead atoms. The Hall–Kier alpha value is -2.08. The molecule has 0 unspecified atom stereocenters. The van der Waals surface area contributed by atoms with Gasteiger partial charge in [0.05, 0.1) is 11.3 Å². The molecule has 0 spiro atoms. The molecule has 98 valence electrons. The molecule has 19 heavy (non-hydrogen) atoms. The van der Waals surface area contributed by atoms with Crippen molar-refractivity contribution in [3.8, 4) is 0 Å². The number of hydrogen-bond donors (Lipinski definition) is 3. The molecule has 3 rings (SSSR count). The second-order valence-corrected chi connectivity index (χ2v) is 5.62. The third-order valence-corrected chi connectivity index (χ3v) is 4.24. The van der Waals surface area contributed by atoms with Gasteiger partial charge in [-0.1, -0.05) is 0 Å². The number of thiazole rings is 1. The van der Waals surface area contributed by atoms with Gasteiger partial charge in [-0.25, -0.2) is 4.98 Å². The third kappa shape index (κ3) is 2.26. The van der Waals surface area contributed by atoms with Crippen LogP contribution in [-0.4, -0.2) is 10.9 Å². The highest BCUT2D eigenvalue weighted by atomic mass is 32.1. The fourth-order valence-corrected chi connectivity index (χ4v) is 3.28. The molecule has 0 radical (unpaired) electrons. The van der Waals surface area contributed by atoms with Gasteiger partial charge in [0.15, 0.2) is 5.13 Å². The Balaban J connectivity index is 1.86. The molecule has 1 aliphatic rings. The number of aryl methyl sites for hydroxylation is 2. The van der Waals surface area contributed by atoms with Crippen LogP contribution in [0, 0.1) is 0 Å². The fourth-order valence-electron chi connectivity index (χ4n) is 2.21. The summed E-state index contributed by atoms with van der Waals surface area (Å²) in [6.07, 6.45) is 3.37. The summed E-state index contributed by atoms with van der Waals surface area (Å²) in [5, 5.41) is 4.05. The van der Waals surface area contributed by atoms with E-state index in [0.717, 1.165) is 23.7 Å². The van der Waals surface area contributed by atoms with Crippen LogP contribution < -0.4 is 16.8 Å². The topological polar surface area (TPSA) is 94.0 Å². The highest BCUT2D eigenvalue weighted by Crippen LogP contribution is 2.32. The Kier molecular flexibility index (Phi) is 2.87. The molecule has 1 aromatic carbocycles. The van der Waals surface area contributed by atoms with Crippen LogP contribution in [0.5, 0.6) is 0 Å². The number of nitrogen functional groups attached to an aromatic ring is 1. The summed E-state index contributed by atoms with van der Waals surface area (Å²) in [5.41, 5.74) is 13.7. The molecule has 5 N–H and O–H groups in total. The highest BCUT2D eigenvalue weighted by molar-refractivity contribution is 7.15. The van der Waals surface area contributed by atoms with Crippen LogP contribution in [0.15, 0.2) is 18.2 Å². The first-order valence-electron chi connectivity index (χ1n) is 6.08. The molecule has 1 aliphatic carbocycles. The zero-order chi connectivity index (χ0) is 13.4. The van der Waals surface area contributed by atoms with E-state index >= 15 is 0 Å². The van der Waals surface area contributed by atoms with E-state index in [1.807, 2.05) is 6.07 Å². The van der Waals surface area contributed by atoms with Crippen molar-refractivity contribution in [1.29, 1.82) is 0 Å². The first-order valence-corrected chi connectivity index (χ1v) is 6.90. The van der Waals surface area contributed by atoms with E-state index in [-0.39, 0.29) is 0 Å². The lowest BCUT2D eigenvalue weighted by Gasteiger charge is -2.06. The number of rotatable bonds is 3. The monoisotopic (exact) mass is 274 g/mol. The van der Waals surface area contributed by atoms with Crippen molar-refractivity contribution in [2.24, 2.45) is 5.73 Å². The quantitative estimate of drug-likeness (QED) is 0.747. The zero-order valence-corrected chi connectivity index (χ0v) is 11.1. The van der Waals surface area contributed by atoms with Gasteiger partial charge in [-0.15, -0.1) is 11.3 Å². The molecule has 5 nitrogen and oxygen atoms in total. The van der Waals surface area contributed by atoms with E-state index in [4.69, 9.17) is 11.5 Å². The van der Waals surface area contributed by atoms with Gasteiger partial charge in [-0.2, -0.15) is 0 Å². The smallest absolute Gasteiger partial charge is 0.250 e. The Bertz CT molecular complexity index is 629. The van der Waals surface area contributed by atoms with Crippen LogP contribution in [0.3, 0.4) is 0 Å². The maximum atomic E-state index is 11.2. The first-order chi connectivity index (χ1) is 9.13. The first kappa shape index (κ1) is 12.0. The van der Waals surface area contributed by atoms with Crippen LogP contribution in [0.4, 0.5) is 16.5 Å². The molecule has 0 aliphatic heterocycles. The molecule has 2 aromatic rings. The number of nitrogens with one attached hydrogen (secondary N) is 1. The number of carbonyl (C=O) groups is 1. The van der Waals surface area contributed by atoms with E-state index < -0.39 is 5.91 Å². The fraction of sp³-hybridized carbons (Fsp3) is 0.231. The molecule has 0 saturated carbocycles. The number of fused-ring (bicyclic) bond motifs is 1. The van der Waals surface area contributed by atoms with Crippen molar-refractivity contribution in [1.82, 2.24) is 4.98 Å². The lowest BCUT2D eigenvalue weighted by Crippen LogP contribution is -2.13. The number of carbonyl (C=O) groups excluding carboxylic acids is 1. The maximum Gasteiger partial charge on any atom is 0.250 e. The van der Waals surface area contributed by atoms with Crippen molar-refractivity contribution in [3.05, 3.63) is 34.3 Å². The normalized spacial score (nSPS) is 13.3. The van der Waals surface area contributed by atoms with Gasteiger partial charge in [-0.05, 0) is 37.5 Å².